The molecule has 1 amide bonds. The van der Waals surface area contributed by atoms with Crippen molar-refractivity contribution in [1.29, 1.82) is 0 Å². The lowest BCUT2D eigenvalue weighted by atomic mass is 9.94. The zero-order valence-corrected chi connectivity index (χ0v) is 10.2. The third kappa shape index (κ3) is 2.52. The predicted molar refractivity (Wildman–Crippen MR) is 56.4 cm³/mol. The minimum absolute atomic E-state index is 0.457. The molecule has 1 atom stereocenters. The number of hydrogen-bond acceptors (Lipinski definition) is 4. The summed E-state index contributed by atoms with van der Waals surface area (Å²) in [7, 11) is -3.47. The maximum Gasteiger partial charge on any atom is 0.327 e. The minimum Gasteiger partial charge on any atom is -0.480 e. The van der Waals surface area contributed by atoms with Crippen LogP contribution in [0.3, 0.4) is 0 Å². The molecule has 92 valence electrons. The van der Waals surface area contributed by atoms with Crippen molar-refractivity contribution in [2.75, 3.05) is 11.6 Å². The topological polar surface area (TPSA) is 91.8 Å². The molecule has 1 aliphatic heterocycles. The Morgan fingerprint density at radius 3 is 2.19 bits per heavy atom. The number of carbonyl (C=O) groups excluding carboxylic acids is 1. The first kappa shape index (κ1) is 13.0. The molecule has 0 aliphatic carbocycles. The Kier molecular flexibility index (Phi) is 3.02. The standard InChI is InChI=1S/C9H15NO5S/c1-9(2,3)8(13)10-5-16(14,15)4-6(10)7(11)12/h6H,4-5H2,1-3H3,(H,11,12)/t6-/m0/s1. The number of nitrogens with zero attached hydrogens (tertiary/aromatic N) is 1. The number of hydrogen-bond donors (Lipinski definition) is 1. The molecule has 0 aromatic carbocycles. The molecule has 0 bridgehead atoms. The summed E-state index contributed by atoms with van der Waals surface area (Å²) in [6, 6.07) is -1.25. The van der Waals surface area contributed by atoms with Gasteiger partial charge in [0.2, 0.25) is 5.91 Å². The van der Waals surface area contributed by atoms with Gasteiger partial charge in [-0.3, -0.25) is 4.79 Å². The van der Waals surface area contributed by atoms with Gasteiger partial charge in [-0.05, 0) is 0 Å². The Balaban J connectivity index is 3.04. The Morgan fingerprint density at radius 2 is 1.81 bits per heavy atom. The molecule has 1 N–H and O–H groups in total. The van der Waals surface area contributed by atoms with Crippen LogP contribution in [0.15, 0.2) is 0 Å². The molecule has 0 saturated carbocycles. The van der Waals surface area contributed by atoms with E-state index in [1.165, 1.54) is 0 Å². The van der Waals surface area contributed by atoms with Crippen LogP contribution in [0.1, 0.15) is 20.8 Å². The maximum absolute atomic E-state index is 11.9. The fraction of sp³-hybridized carbons (Fsp3) is 0.778. The highest BCUT2D eigenvalue weighted by molar-refractivity contribution is 7.91. The molecule has 7 heteroatoms. The summed E-state index contributed by atoms with van der Waals surface area (Å²) in [5.74, 6) is -2.73. The van der Waals surface area contributed by atoms with Crippen molar-refractivity contribution in [2.45, 2.75) is 26.8 Å². The molecule has 1 fully saturated rings. The molecule has 0 aromatic rings. The summed E-state index contributed by atoms with van der Waals surface area (Å²) in [5, 5.41) is 8.87. The summed E-state index contributed by atoms with van der Waals surface area (Å²) < 4.78 is 22.7. The second kappa shape index (κ2) is 3.73. The fourth-order valence-electron chi connectivity index (χ4n) is 1.52. The normalized spacial score (nSPS) is 24.4. The third-order valence-electron chi connectivity index (χ3n) is 2.31. The molecule has 0 spiro atoms. The summed E-state index contributed by atoms with van der Waals surface area (Å²) in [4.78, 5) is 23.7. The second-order valence-corrected chi connectivity index (χ2v) is 7.00. The monoisotopic (exact) mass is 249 g/mol. The van der Waals surface area contributed by atoms with Gasteiger partial charge in [-0.15, -0.1) is 0 Å². The van der Waals surface area contributed by atoms with Crippen LogP contribution in [0.5, 0.6) is 0 Å². The van der Waals surface area contributed by atoms with E-state index in [4.69, 9.17) is 5.11 Å². The fourth-order valence-corrected chi connectivity index (χ4v) is 3.15. The van der Waals surface area contributed by atoms with Crippen LogP contribution >= 0.6 is 0 Å². The number of carboxylic acid groups (broad SMARTS) is 1. The quantitative estimate of drug-likeness (QED) is 0.689. The number of carboxylic acids is 1. The molecule has 1 heterocycles. The molecule has 1 saturated heterocycles. The van der Waals surface area contributed by atoms with E-state index in [-0.39, 0.29) is 0 Å². The molecular weight excluding hydrogens is 234 g/mol. The lowest BCUT2D eigenvalue weighted by Gasteiger charge is -2.27. The van der Waals surface area contributed by atoms with E-state index < -0.39 is 44.8 Å². The predicted octanol–water partition coefficient (Wildman–Crippen LogP) is -0.300. The van der Waals surface area contributed by atoms with E-state index in [0.717, 1.165) is 4.90 Å². The SMILES string of the molecule is CC(C)(C)C(=O)N1CS(=O)(=O)C[C@H]1C(=O)O. The zero-order chi connectivity index (χ0) is 12.7. The van der Waals surface area contributed by atoms with Gasteiger partial charge in [0, 0.05) is 5.41 Å². The van der Waals surface area contributed by atoms with Crippen LogP contribution in [-0.2, 0) is 19.4 Å². The minimum atomic E-state index is -3.47. The van der Waals surface area contributed by atoms with Crippen molar-refractivity contribution < 1.29 is 23.1 Å². The van der Waals surface area contributed by atoms with Gasteiger partial charge in [0.15, 0.2) is 9.84 Å². The molecule has 0 aromatic heterocycles. The van der Waals surface area contributed by atoms with E-state index in [1.54, 1.807) is 20.8 Å². The number of carbonyl (C=O) groups is 2. The van der Waals surface area contributed by atoms with Gasteiger partial charge in [-0.1, -0.05) is 20.8 Å². The molecule has 6 nitrogen and oxygen atoms in total. The molecule has 1 aliphatic rings. The van der Waals surface area contributed by atoms with Gasteiger partial charge in [0.25, 0.3) is 0 Å². The average molecular weight is 249 g/mol. The first-order valence-electron chi connectivity index (χ1n) is 4.79. The van der Waals surface area contributed by atoms with E-state index in [1.807, 2.05) is 0 Å². The van der Waals surface area contributed by atoms with E-state index >= 15 is 0 Å². The molecule has 1 rings (SSSR count). The molecule has 0 radical (unpaired) electrons. The first-order valence-corrected chi connectivity index (χ1v) is 6.61. The van der Waals surface area contributed by atoms with Gasteiger partial charge >= 0.3 is 5.97 Å². The Morgan fingerprint density at radius 1 is 1.31 bits per heavy atom. The van der Waals surface area contributed by atoms with Crippen LogP contribution in [0.4, 0.5) is 0 Å². The number of amides is 1. The van der Waals surface area contributed by atoms with E-state index in [9.17, 15) is 18.0 Å². The largest absolute Gasteiger partial charge is 0.480 e. The highest BCUT2D eigenvalue weighted by Gasteiger charge is 2.45. The molecule has 0 unspecified atom stereocenters. The summed E-state index contributed by atoms with van der Waals surface area (Å²) in [6.45, 7) is 4.87. The van der Waals surface area contributed by atoms with Gasteiger partial charge in [0.1, 0.15) is 11.9 Å². The molecular formula is C9H15NO5S. The Labute approximate surface area is 94.2 Å². The van der Waals surface area contributed by atoms with Crippen LogP contribution in [-0.4, -0.2) is 48.0 Å². The van der Waals surface area contributed by atoms with Crippen molar-refractivity contribution in [1.82, 2.24) is 4.90 Å². The van der Waals surface area contributed by atoms with Crippen molar-refractivity contribution in [3.63, 3.8) is 0 Å². The smallest absolute Gasteiger partial charge is 0.327 e. The Bertz CT molecular complexity index is 420. The number of rotatable bonds is 1. The Hall–Kier alpha value is -1.11. The lowest BCUT2D eigenvalue weighted by molar-refractivity contribution is -0.151. The van der Waals surface area contributed by atoms with E-state index in [2.05, 4.69) is 0 Å². The highest BCUT2D eigenvalue weighted by Crippen LogP contribution is 2.24. The van der Waals surface area contributed by atoms with Gasteiger partial charge in [0.05, 0.1) is 5.75 Å². The van der Waals surface area contributed by atoms with Gasteiger partial charge < -0.3 is 10.0 Å². The van der Waals surface area contributed by atoms with Crippen molar-refractivity contribution in [3.05, 3.63) is 0 Å². The number of sulfone groups is 1. The maximum atomic E-state index is 11.9. The molecule has 16 heavy (non-hydrogen) atoms. The summed E-state index contributed by atoms with van der Waals surface area (Å²) in [6.07, 6.45) is 0. The van der Waals surface area contributed by atoms with Crippen LogP contribution in [0.25, 0.3) is 0 Å². The first-order chi connectivity index (χ1) is 7.04. The van der Waals surface area contributed by atoms with Crippen molar-refractivity contribution in [2.24, 2.45) is 5.41 Å². The van der Waals surface area contributed by atoms with Crippen LogP contribution in [0, 0.1) is 5.41 Å². The van der Waals surface area contributed by atoms with Crippen molar-refractivity contribution >= 4 is 21.7 Å². The van der Waals surface area contributed by atoms with Crippen LogP contribution in [0.2, 0.25) is 0 Å². The van der Waals surface area contributed by atoms with Gasteiger partial charge in [-0.2, -0.15) is 0 Å². The van der Waals surface area contributed by atoms with E-state index in [0.29, 0.717) is 0 Å². The summed E-state index contributed by atoms with van der Waals surface area (Å²) in [5.41, 5.74) is -0.784. The summed E-state index contributed by atoms with van der Waals surface area (Å²) >= 11 is 0. The second-order valence-electron chi connectivity index (χ2n) is 4.92. The lowest BCUT2D eigenvalue weighted by Crippen LogP contribution is -2.46. The van der Waals surface area contributed by atoms with Gasteiger partial charge in [-0.25, -0.2) is 13.2 Å². The van der Waals surface area contributed by atoms with Crippen LogP contribution < -0.4 is 0 Å². The highest BCUT2D eigenvalue weighted by atomic mass is 32.2. The average Bonchev–Trinajstić information content (AvgIpc) is 2.38. The van der Waals surface area contributed by atoms with Crippen molar-refractivity contribution in [3.8, 4) is 0 Å². The zero-order valence-electron chi connectivity index (χ0n) is 9.43. The third-order valence-corrected chi connectivity index (χ3v) is 3.81. The number of aliphatic carboxylic acids is 1.